The lowest BCUT2D eigenvalue weighted by atomic mass is 9.97. The molecule has 3 N–H and O–H groups in total. The zero-order valence-corrected chi connectivity index (χ0v) is 13.4. The van der Waals surface area contributed by atoms with Gasteiger partial charge in [-0.05, 0) is 32.6 Å². The van der Waals surface area contributed by atoms with Crippen molar-refractivity contribution in [2.75, 3.05) is 40.3 Å². The Morgan fingerprint density at radius 3 is 2.38 bits per heavy atom. The molecule has 0 aliphatic rings. The molecule has 1 unspecified atom stereocenters. The van der Waals surface area contributed by atoms with E-state index in [1.54, 1.807) is 0 Å². The molecular weight excluding hydrogens is 264 g/mol. The fraction of sp³-hybridized carbons (Fsp3) is 0.562. The summed E-state index contributed by atoms with van der Waals surface area (Å²) in [4.78, 5) is 16.6. The van der Waals surface area contributed by atoms with Gasteiger partial charge in [-0.1, -0.05) is 37.3 Å². The molecule has 0 saturated heterocycles. The highest BCUT2D eigenvalue weighted by molar-refractivity contribution is 5.83. The van der Waals surface area contributed by atoms with Crippen LogP contribution in [0, 0.1) is 0 Å². The normalized spacial score (nSPS) is 12.7. The Hall–Kier alpha value is -1.43. The molecule has 0 heterocycles. The Labute approximate surface area is 128 Å². The molecule has 1 atom stereocenters. The van der Waals surface area contributed by atoms with Crippen molar-refractivity contribution in [3.63, 3.8) is 0 Å². The zero-order valence-electron chi connectivity index (χ0n) is 13.4. The number of carbonyl (C=O) groups is 1. The van der Waals surface area contributed by atoms with Crippen LogP contribution in [0.1, 0.15) is 24.8 Å². The van der Waals surface area contributed by atoms with Gasteiger partial charge in [0.05, 0.1) is 5.92 Å². The van der Waals surface area contributed by atoms with Gasteiger partial charge in [0.25, 0.3) is 0 Å². The first kappa shape index (κ1) is 17.6. The maximum atomic E-state index is 12.1. The van der Waals surface area contributed by atoms with Crippen molar-refractivity contribution < 1.29 is 4.79 Å². The highest BCUT2D eigenvalue weighted by Crippen LogP contribution is 2.17. The van der Waals surface area contributed by atoms with Gasteiger partial charge in [-0.3, -0.25) is 10.2 Å². The fourth-order valence-corrected chi connectivity index (χ4v) is 2.34. The summed E-state index contributed by atoms with van der Waals surface area (Å²) >= 11 is 0. The van der Waals surface area contributed by atoms with E-state index in [4.69, 9.17) is 5.84 Å². The summed E-state index contributed by atoms with van der Waals surface area (Å²) in [5.41, 5.74) is 3.31. The maximum absolute atomic E-state index is 12.1. The van der Waals surface area contributed by atoms with E-state index in [1.165, 1.54) is 0 Å². The van der Waals surface area contributed by atoms with Crippen molar-refractivity contribution in [2.24, 2.45) is 5.84 Å². The zero-order chi connectivity index (χ0) is 15.7. The van der Waals surface area contributed by atoms with Crippen molar-refractivity contribution in [1.29, 1.82) is 0 Å². The Kier molecular flexibility index (Phi) is 7.97. The van der Waals surface area contributed by atoms with Gasteiger partial charge >= 0.3 is 0 Å². The van der Waals surface area contributed by atoms with Gasteiger partial charge < -0.3 is 9.80 Å². The smallest absolute Gasteiger partial charge is 0.242 e. The van der Waals surface area contributed by atoms with Gasteiger partial charge in [0, 0.05) is 19.6 Å². The molecule has 0 spiro atoms. The summed E-state index contributed by atoms with van der Waals surface area (Å²) in [6.07, 6.45) is 1.07. The second-order valence-electron chi connectivity index (χ2n) is 5.58. The predicted octanol–water partition coefficient (Wildman–Crippen LogP) is 1.03. The third kappa shape index (κ3) is 6.25. The van der Waals surface area contributed by atoms with Crippen LogP contribution in [0.25, 0.3) is 0 Å². The molecule has 0 radical (unpaired) electrons. The van der Waals surface area contributed by atoms with E-state index in [1.807, 2.05) is 30.3 Å². The molecule has 1 aromatic carbocycles. The van der Waals surface area contributed by atoms with Crippen LogP contribution in [0.5, 0.6) is 0 Å². The summed E-state index contributed by atoms with van der Waals surface area (Å²) in [6, 6.07) is 9.83. The molecule has 5 heteroatoms. The van der Waals surface area contributed by atoms with Gasteiger partial charge in [-0.25, -0.2) is 5.84 Å². The van der Waals surface area contributed by atoms with Crippen LogP contribution in [0.3, 0.4) is 0 Å². The summed E-state index contributed by atoms with van der Waals surface area (Å²) in [5, 5.41) is 0. The number of nitrogens with two attached hydrogens (primary N) is 1. The number of benzene rings is 1. The van der Waals surface area contributed by atoms with Crippen molar-refractivity contribution in [1.82, 2.24) is 15.2 Å². The first-order chi connectivity index (χ1) is 10.1. The standard InChI is InChI=1S/C16H28N4O/c1-4-10-20(12-11-19(2)3)13-15(16(21)18-17)14-8-6-5-7-9-14/h5-9,15H,4,10-13,17H2,1-3H3,(H,18,21). The lowest BCUT2D eigenvalue weighted by Gasteiger charge is -2.27. The summed E-state index contributed by atoms with van der Waals surface area (Å²) in [7, 11) is 4.12. The van der Waals surface area contributed by atoms with Gasteiger partial charge in [-0.2, -0.15) is 0 Å². The third-order valence-corrected chi connectivity index (χ3v) is 3.50. The molecule has 118 valence electrons. The SMILES string of the molecule is CCCN(CCN(C)C)CC(C(=O)NN)c1ccccc1. The quantitative estimate of drug-likeness (QED) is 0.405. The highest BCUT2D eigenvalue weighted by atomic mass is 16.2. The van der Waals surface area contributed by atoms with Crippen molar-refractivity contribution in [2.45, 2.75) is 19.3 Å². The van der Waals surface area contributed by atoms with E-state index in [0.29, 0.717) is 6.54 Å². The average Bonchev–Trinajstić information content (AvgIpc) is 2.50. The molecule has 0 saturated carbocycles. The summed E-state index contributed by atoms with van der Waals surface area (Å²) in [6.45, 7) is 5.75. The predicted molar refractivity (Wildman–Crippen MR) is 86.8 cm³/mol. The maximum Gasteiger partial charge on any atom is 0.242 e. The van der Waals surface area contributed by atoms with Gasteiger partial charge in [-0.15, -0.1) is 0 Å². The van der Waals surface area contributed by atoms with Crippen LogP contribution in [-0.2, 0) is 4.79 Å². The van der Waals surface area contributed by atoms with Crippen LogP contribution in [0.2, 0.25) is 0 Å². The lowest BCUT2D eigenvalue weighted by molar-refractivity contribution is -0.123. The molecule has 1 aromatic rings. The first-order valence-corrected chi connectivity index (χ1v) is 7.51. The molecule has 0 aliphatic carbocycles. The van der Waals surface area contributed by atoms with E-state index in [-0.39, 0.29) is 11.8 Å². The molecular formula is C16H28N4O. The van der Waals surface area contributed by atoms with E-state index in [2.05, 4.69) is 36.2 Å². The third-order valence-electron chi connectivity index (χ3n) is 3.50. The first-order valence-electron chi connectivity index (χ1n) is 7.51. The molecule has 5 nitrogen and oxygen atoms in total. The van der Waals surface area contributed by atoms with Crippen LogP contribution >= 0.6 is 0 Å². The van der Waals surface area contributed by atoms with E-state index >= 15 is 0 Å². The number of carbonyl (C=O) groups excluding carboxylic acids is 1. The Morgan fingerprint density at radius 2 is 1.86 bits per heavy atom. The van der Waals surface area contributed by atoms with E-state index in [9.17, 15) is 4.79 Å². The molecule has 0 bridgehead atoms. The molecule has 0 aliphatic heterocycles. The molecule has 21 heavy (non-hydrogen) atoms. The minimum atomic E-state index is -0.232. The minimum absolute atomic E-state index is 0.132. The van der Waals surface area contributed by atoms with Crippen LogP contribution < -0.4 is 11.3 Å². The van der Waals surface area contributed by atoms with Crippen LogP contribution in [0.4, 0.5) is 0 Å². The number of hydrogen-bond acceptors (Lipinski definition) is 4. The number of nitrogens with one attached hydrogen (secondary N) is 1. The van der Waals surface area contributed by atoms with Gasteiger partial charge in [0.1, 0.15) is 0 Å². The topological polar surface area (TPSA) is 61.6 Å². The second kappa shape index (κ2) is 9.50. The van der Waals surface area contributed by atoms with Gasteiger partial charge in [0.2, 0.25) is 5.91 Å². The lowest BCUT2D eigenvalue weighted by Crippen LogP contribution is -2.42. The van der Waals surface area contributed by atoms with Crippen LogP contribution in [0.15, 0.2) is 30.3 Å². The number of hydrogen-bond donors (Lipinski definition) is 2. The second-order valence-corrected chi connectivity index (χ2v) is 5.58. The monoisotopic (exact) mass is 292 g/mol. The van der Waals surface area contributed by atoms with Gasteiger partial charge in [0.15, 0.2) is 0 Å². The molecule has 1 rings (SSSR count). The number of hydrazine groups is 1. The highest BCUT2D eigenvalue weighted by Gasteiger charge is 2.22. The summed E-state index contributed by atoms with van der Waals surface area (Å²) < 4.78 is 0. The average molecular weight is 292 g/mol. The van der Waals surface area contributed by atoms with E-state index in [0.717, 1.165) is 31.6 Å². The number of rotatable bonds is 9. The van der Waals surface area contributed by atoms with E-state index < -0.39 is 0 Å². The number of nitrogens with zero attached hydrogens (tertiary/aromatic N) is 2. The molecule has 1 amide bonds. The van der Waals surface area contributed by atoms with Crippen molar-refractivity contribution in [3.8, 4) is 0 Å². The van der Waals surface area contributed by atoms with Crippen molar-refractivity contribution >= 4 is 5.91 Å². The fourth-order valence-electron chi connectivity index (χ4n) is 2.34. The minimum Gasteiger partial charge on any atom is -0.308 e. The Morgan fingerprint density at radius 1 is 1.19 bits per heavy atom. The molecule has 0 aromatic heterocycles. The number of likely N-dealkylation sites (N-methyl/N-ethyl adjacent to an activating group) is 1. The molecule has 0 fully saturated rings. The van der Waals surface area contributed by atoms with Crippen LogP contribution in [-0.4, -0.2) is 56.0 Å². The summed E-state index contributed by atoms with van der Waals surface area (Å²) in [5.74, 6) is 4.99. The Balaban J connectivity index is 2.79. The van der Waals surface area contributed by atoms with Crippen molar-refractivity contribution in [3.05, 3.63) is 35.9 Å². The number of amides is 1. The Bertz CT molecular complexity index is 408. The largest absolute Gasteiger partial charge is 0.308 e.